The van der Waals surface area contributed by atoms with Gasteiger partial charge in [-0.2, -0.15) is 0 Å². The molecule has 0 unspecified atom stereocenters. The molecule has 0 fully saturated rings. The van der Waals surface area contributed by atoms with Gasteiger partial charge in [0, 0.05) is 18.4 Å². The monoisotopic (exact) mass is 247 g/mol. The van der Waals surface area contributed by atoms with Crippen molar-refractivity contribution in [1.82, 2.24) is 0 Å². The van der Waals surface area contributed by atoms with E-state index in [4.69, 9.17) is 5.11 Å². The molecule has 98 valence electrons. The number of hydrogen-bond donors (Lipinski definition) is 2. The number of carbonyl (C=O) groups is 1. The molecule has 0 aromatic heterocycles. The number of rotatable bonds is 6. The largest absolute Gasteiger partial charge is 0.396 e. The highest BCUT2D eigenvalue weighted by Gasteiger charge is 2.00. The van der Waals surface area contributed by atoms with E-state index in [-0.39, 0.29) is 12.5 Å². The number of carbonyl (C=O) groups excluding carboxylic acids is 1. The van der Waals surface area contributed by atoms with E-state index in [9.17, 15) is 4.79 Å². The first-order chi connectivity index (χ1) is 8.69. The van der Waals surface area contributed by atoms with Crippen molar-refractivity contribution in [2.75, 3.05) is 11.9 Å². The van der Waals surface area contributed by atoms with Gasteiger partial charge in [0.05, 0.1) is 0 Å². The van der Waals surface area contributed by atoms with Crippen molar-refractivity contribution in [2.45, 2.75) is 33.1 Å². The Morgan fingerprint density at radius 1 is 1.22 bits per heavy atom. The van der Waals surface area contributed by atoms with Gasteiger partial charge in [0.2, 0.25) is 5.91 Å². The first-order valence-electron chi connectivity index (χ1n) is 6.39. The molecule has 0 radical (unpaired) electrons. The lowest BCUT2D eigenvalue weighted by molar-refractivity contribution is -0.112. The Balaban J connectivity index is 2.62. The van der Waals surface area contributed by atoms with Gasteiger partial charge < -0.3 is 10.4 Å². The number of amides is 1. The highest BCUT2D eigenvalue weighted by Crippen LogP contribution is 2.11. The van der Waals surface area contributed by atoms with E-state index in [1.807, 2.05) is 38.1 Å². The summed E-state index contributed by atoms with van der Waals surface area (Å²) in [5, 5.41) is 11.6. The van der Waals surface area contributed by atoms with Crippen LogP contribution in [0.4, 0.5) is 5.69 Å². The van der Waals surface area contributed by atoms with Crippen LogP contribution in [0.15, 0.2) is 35.9 Å². The lowest BCUT2D eigenvalue weighted by Crippen LogP contribution is -2.09. The van der Waals surface area contributed by atoms with Crippen LogP contribution in [-0.2, 0) is 11.2 Å². The Morgan fingerprint density at radius 2 is 1.83 bits per heavy atom. The van der Waals surface area contributed by atoms with E-state index < -0.39 is 0 Å². The molecule has 2 N–H and O–H groups in total. The van der Waals surface area contributed by atoms with Crippen molar-refractivity contribution in [3.05, 3.63) is 41.5 Å². The van der Waals surface area contributed by atoms with E-state index in [0.29, 0.717) is 6.42 Å². The fourth-order valence-electron chi connectivity index (χ4n) is 1.70. The highest BCUT2D eigenvalue weighted by molar-refractivity contribution is 5.99. The van der Waals surface area contributed by atoms with Gasteiger partial charge in [-0.05, 0) is 37.0 Å². The van der Waals surface area contributed by atoms with E-state index in [1.165, 1.54) is 0 Å². The molecule has 1 aromatic rings. The van der Waals surface area contributed by atoms with Crippen molar-refractivity contribution in [3.63, 3.8) is 0 Å². The smallest absolute Gasteiger partial charge is 0.248 e. The van der Waals surface area contributed by atoms with Crippen molar-refractivity contribution >= 4 is 11.6 Å². The molecular weight excluding hydrogens is 226 g/mol. The second-order valence-electron chi connectivity index (χ2n) is 4.17. The van der Waals surface area contributed by atoms with Crippen molar-refractivity contribution in [3.8, 4) is 0 Å². The van der Waals surface area contributed by atoms with Crippen LogP contribution in [0.25, 0.3) is 0 Å². The van der Waals surface area contributed by atoms with Gasteiger partial charge in [0.25, 0.3) is 0 Å². The highest BCUT2D eigenvalue weighted by atomic mass is 16.2. The van der Waals surface area contributed by atoms with Crippen LogP contribution in [0.3, 0.4) is 0 Å². The van der Waals surface area contributed by atoms with Gasteiger partial charge >= 0.3 is 0 Å². The molecule has 18 heavy (non-hydrogen) atoms. The number of allylic oxidation sites excluding steroid dienone is 1. The van der Waals surface area contributed by atoms with Crippen molar-refractivity contribution in [2.24, 2.45) is 0 Å². The zero-order valence-electron chi connectivity index (χ0n) is 11.1. The van der Waals surface area contributed by atoms with E-state index >= 15 is 0 Å². The first kappa shape index (κ1) is 14.5. The first-order valence-corrected chi connectivity index (χ1v) is 6.39. The summed E-state index contributed by atoms with van der Waals surface area (Å²) in [4.78, 5) is 11.7. The minimum atomic E-state index is -0.0800. The molecule has 0 bridgehead atoms. The molecule has 3 heteroatoms. The number of aliphatic hydroxyl groups is 1. The summed E-state index contributed by atoms with van der Waals surface area (Å²) in [5.74, 6) is -0.0800. The molecule has 1 aromatic carbocycles. The van der Waals surface area contributed by atoms with Crippen LogP contribution in [0.2, 0.25) is 0 Å². The standard InChI is InChI=1S/C15H21NO2/c1-3-12(4-2)11-15(18)16-14-7-5-13(6-8-14)9-10-17/h5-8,11,17H,3-4,9-10H2,1-2H3,(H,16,18). The molecule has 0 saturated heterocycles. The van der Waals surface area contributed by atoms with Crippen molar-refractivity contribution < 1.29 is 9.90 Å². The Labute approximate surface area is 109 Å². The lowest BCUT2D eigenvalue weighted by atomic mass is 10.1. The zero-order chi connectivity index (χ0) is 13.4. The second-order valence-corrected chi connectivity index (χ2v) is 4.17. The molecule has 0 aliphatic carbocycles. The summed E-state index contributed by atoms with van der Waals surface area (Å²) in [5.41, 5.74) is 2.99. The maximum Gasteiger partial charge on any atom is 0.248 e. The summed E-state index contributed by atoms with van der Waals surface area (Å²) in [6.45, 7) is 4.24. The average molecular weight is 247 g/mol. The summed E-state index contributed by atoms with van der Waals surface area (Å²) in [6.07, 6.45) is 4.12. The summed E-state index contributed by atoms with van der Waals surface area (Å²) < 4.78 is 0. The van der Waals surface area contributed by atoms with E-state index in [0.717, 1.165) is 29.7 Å². The SMILES string of the molecule is CCC(=CC(=O)Nc1ccc(CCO)cc1)CC. The lowest BCUT2D eigenvalue weighted by Gasteiger charge is -2.05. The minimum Gasteiger partial charge on any atom is -0.396 e. The molecule has 0 saturated carbocycles. The molecule has 0 atom stereocenters. The summed E-state index contributed by atoms with van der Waals surface area (Å²) in [6, 6.07) is 7.54. The summed E-state index contributed by atoms with van der Waals surface area (Å²) >= 11 is 0. The number of nitrogens with one attached hydrogen (secondary N) is 1. The van der Waals surface area contributed by atoms with Gasteiger partial charge in [-0.1, -0.05) is 31.6 Å². The van der Waals surface area contributed by atoms with E-state index in [2.05, 4.69) is 5.32 Å². The fourth-order valence-corrected chi connectivity index (χ4v) is 1.70. The second kappa shape index (κ2) is 7.67. The quantitative estimate of drug-likeness (QED) is 0.759. The van der Waals surface area contributed by atoms with Crippen LogP contribution in [-0.4, -0.2) is 17.6 Å². The topological polar surface area (TPSA) is 49.3 Å². The third kappa shape index (κ3) is 4.72. The third-order valence-electron chi connectivity index (χ3n) is 2.87. The van der Waals surface area contributed by atoms with Gasteiger partial charge in [-0.25, -0.2) is 0 Å². The van der Waals surface area contributed by atoms with Crippen LogP contribution in [0, 0.1) is 0 Å². The normalized spacial score (nSPS) is 9.94. The molecule has 1 amide bonds. The average Bonchev–Trinajstić information content (AvgIpc) is 2.38. The maximum absolute atomic E-state index is 11.7. The molecule has 0 heterocycles. The summed E-state index contributed by atoms with van der Waals surface area (Å²) in [7, 11) is 0. The number of aliphatic hydroxyl groups excluding tert-OH is 1. The number of hydrogen-bond acceptors (Lipinski definition) is 2. The molecule has 0 spiro atoms. The van der Waals surface area contributed by atoms with Crippen LogP contribution in [0.1, 0.15) is 32.3 Å². The predicted molar refractivity (Wildman–Crippen MR) is 74.5 cm³/mol. The van der Waals surface area contributed by atoms with Gasteiger partial charge in [-0.15, -0.1) is 0 Å². The fraction of sp³-hybridized carbons (Fsp3) is 0.400. The molecule has 3 nitrogen and oxygen atoms in total. The minimum absolute atomic E-state index is 0.0800. The Kier molecular flexibility index (Phi) is 6.15. The molecule has 1 rings (SSSR count). The third-order valence-corrected chi connectivity index (χ3v) is 2.87. The van der Waals surface area contributed by atoms with Crippen LogP contribution >= 0.6 is 0 Å². The Morgan fingerprint density at radius 3 is 2.33 bits per heavy atom. The zero-order valence-corrected chi connectivity index (χ0v) is 11.1. The maximum atomic E-state index is 11.7. The predicted octanol–water partition coefficient (Wildman–Crippen LogP) is 2.91. The molecular formula is C15H21NO2. The molecule has 0 aliphatic heterocycles. The molecule has 0 aliphatic rings. The van der Waals surface area contributed by atoms with Crippen LogP contribution in [0.5, 0.6) is 0 Å². The van der Waals surface area contributed by atoms with Crippen LogP contribution < -0.4 is 5.32 Å². The van der Waals surface area contributed by atoms with Crippen molar-refractivity contribution in [1.29, 1.82) is 0 Å². The number of anilines is 1. The van der Waals surface area contributed by atoms with Gasteiger partial charge in [0.15, 0.2) is 0 Å². The Bertz CT molecular complexity index is 401. The Hall–Kier alpha value is -1.61. The number of benzene rings is 1. The van der Waals surface area contributed by atoms with E-state index in [1.54, 1.807) is 6.08 Å². The van der Waals surface area contributed by atoms with Gasteiger partial charge in [-0.3, -0.25) is 4.79 Å². The van der Waals surface area contributed by atoms with Gasteiger partial charge in [0.1, 0.15) is 0 Å².